The van der Waals surface area contributed by atoms with Gasteiger partial charge in [0.15, 0.2) is 0 Å². The predicted octanol–water partition coefficient (Wildman–Crippen LogP) is 5.49. The molecule has 14 nitrogen and oxygen atoms in total. The number of likely N-dealkylation sites (N-methyl/N-ethyl adjacent to an activating group) is 1. The maximum atomic E-state index is 12.7. The summed E-state index contributed by atoms with van der Waals surface area (Å²) in [4.78, 5) is 39.4. The second-order valence-corrected chi connectivity index (χ2v) is 16.9. The topological polar surface area (TPSA) is 158 Å². The Morgan fingerprint density at radius 3 is 2.60 bits per heavy atom. The maximum absolute atomic E-state index is 12.7. The number of aliphatic imine (C=N–C) groups is 1. The lowest BCUT2D eigenvalue weighted by Gasteiger charge is -2.34. The van der Waals surface area contributed by atoms with Crippen molar-refractivity contribution in [1.29, 1.82) is 5.26 Å². The molecule has 1 amide bonds. The lowest BCUT2D eigenvalue weighted by molar-refractivity contribution is -0.199. The number of aromatic nitrogens is 2. The second kappa shape index (κ2) is 14.8. The first-order valence-corrected chi connectivity index (χ1v) is 19.1. The smallest absolute Gasteiger partial charge is 0.410 e. The van der Waals surface area contributed by atoms with Gasteiger partial charge in [0.05, 0.1) is 30.1 Å². The lowest BCUT2D eigenvalue weighted by atomic mass is 9.68. The monoisotopic (exact) mass is 736 g/mol. The van der Waals surface area contributed by atoms with E-state index in [0.717, 1.165) is 49.1 Å². The minimum atomic E-state index is -1.99. The molecule has 2 fully saturated rings. The molecule has 282 valence electrons. The second-order valence-electron chi connectivity index (χ2n) is 15.8. The third kappa shape index (κ3) is 7.99. The summed E-state index contributed by atoms with van der Waals surface area (Å²) in [5.41, 5.74) is 0.808. The zero-order valence-electron chi connectivity index (χ0n) is 31.6. The zero-order chi connectivity index (χ0) is 37.4. The molecule has 0 spiro atoms. The number of hydrogen-bond acceptors (Lipinski definition) is 13. The fourth-order valence-electron chi connectivity index (χ4n) is 7.59. The van der Waals surface area contributed by atoms with Gasteiger partial charge in [-0.15, -0.1) is 11.3 Å². The van der Waals surface area contributed by atoms with Crippen LogP contribution in [0.25, 0.3) is 0 Å². The molecule has 52 heavy (non-hydrogen) atoms. The Morgan fingerprint density at radius 2 is 1.94 bits per heavy atom. The molecular formula is C37H52N8O6S. The number of rotatable bonds is 9. The van der Waals surface area contributed by atoms with Crippen molar-refractivity contribution in [2.75, 3.05) is 40.8 Å². The number of nitriles is 1. The van der Waals surface area contributed by atoms with Crippen molar-refractivity contribution in [3.63, 3.8) is 0 Å². The van der Waals surface area contributed by atoms with Gasteiger partial charge in [0.2, 0.25) is 17.6 Å². The third-order valence-electron chi connectivity index (χ3n) is 10.3. The number of oxime groups is 1. The number of piperidine rings is 1. The molecule has 2 aromatic rings. The fraction of sp³-hybridized carbons (Fsp3) is 0.676. The number of aryl methyl sites for hydroxylation is 1. The van der Waals surface area contributed by atoms with Crippen LogP contribution in [0, 0.1) is 11.3 Å². The minimum Gasteiger partial charge on any atom is -0.474 e. The fourth-order valence-corrected chi connectivity index (χ4v) is 8.85. The van der Waals surface area contributed by atoms with Crippen molar-refractivity contribution < 1.29 is 28.9 Å². The summed E-state index contributed by atoms with van der Waals surface area (Å²) in [6.07, 6.45) is 6.67. The Labute approximate surface area is 310 Å². The Balaban J connectivity index is 1.25. The van der Waals surface area contributed by atoms with Gasteiger partial charge in [0, 0.05) is 56.4 Å². The molecule has 0 aromatic carbocycles. The van der Waals surface area contributed by atoms with Crippen LogP contribution in [0.3, 0.4) is 0 Å². The molecule has 2 aromatic heterocycles. The average molecular weight is 737 g/mol. The van der Waals surface area contributed by atoms with Gasteiger partial charge >= 0.3 is 11.9 Å². The highest BCUT2D eigenvalue weighted by Gasteiger charge is 2.51. The van der Waals surface area contributed by atoms with Crippen LogP contribution < -0.4 is 9.47 Å². The van der Waals surface area contributed by atoms with Crippen molar-refractivity contribution in [2.45, 2.75) is 121 Å². The number of nitrogens with zero attached hydrogens (tertiary/aromatic N) is 8. The van der Waals surface area contributed by atoms with Gasteiger partial charge in [0.25, 0.3) is 0 Å². The summed E-state index contributed by atoms with van der Waals surface area (Å²) < 4.78 is 18.4. The highest BCUT2D eigenvalue weighted by molar-refractivity contribution is 7.16. The Hall–Kier alpha value is -4.00. The summed E-state index contributed by atoms with van der Waals surface area (Å²) in [6, 6.07) is 4.28. The number of carbonyl (C=O) groups is 1. The Morgan fingerprint density at radius 1 is 1.21 bits per heavy atom. The number of aliphatic hydroxyl groups is 1. The van der Waals surface area contributed by atoms with Gasteiger partial charge in [-0.05, 0) is 85.9 Å². The molecule has 0 bridgehead atoms. The predicted molar refractivity (Wildman–Crippen MR) is 197 cm³/mol. The van der Waals surface area contributed by atoms with E-state index in [9.17, 15) is 15.2 Å². The summed E-state index contributed by atoms with van der Waals surface area (Å²) in [6.45, 7) is 11.6. The number of ether oxygens (including phenoxy) is 3. The van der Waals surface area contributed by atoms with Gasteiger partial charge in [-0.3, -0.25) is 4.90 Å². The standard InChI is InChI=1S/C37H52N8O6S/c1-23(26-11-10-16-44(26)8)48-29-19-30(49-24-13-17-45(18-14-24)34(46)50-35(2,3)4)41-33(40-29)37(47)20-28(42-51-37)36(5)15-9-12-27-31(36)25(21-38)32(52-27)39-22-43(6)7/h19,22-24,26,47H,9-18,20H2,1-8H3/t23-,26-,36+,37?/m0/s1. The molecule has 4 atom stereocenters. The number of fused-ring (bicyclic) bond motifs is 1. The lowest BCUT2D eigenvalue weighted by Crippen LogP contribution is -2.44. The number of amides is 1. The van der Waals surface area contributed by atoms with Gasteiger partial charge < -0.3 is 34.0 Å². The molecule has 4 aliphatic rings. The van der Waals surface area contributed by atoms with Gasteiger partial charge in [-0.2, -0.15) is 15.2 Å². The first-order valence-electron chi connectivity index (χ1n) is 18.2. The van der Waals surface area contributed by atoms with E-state index in [0.29, 0.717) is 42.2 Å². The van der Waals surface area contributed by atoms with E-state index in [4.69, 9.17) is 19.0 Å². The molecule has 1 N–H and O–H groups in total. The van der Waals surface area contributed by atoms with Crippen LogP contribution in [-0.4, -0.2) is 113 Å². The van der Waals surface area contributed by atoms with E-state index in [1.54, 1.807) is 17.3 Å². The van der Waals surface area contributed by atoms with Crippen LogP contribution in [0.15, 0.2) is 16.2 Å². The van der Waals surface area contributed by atoms with E-state index in [1.165, 1.54) is 11.3 Å². The van der Waals surface area contributed by atoms with Crippen LogP contribution in [0.5, 0.6) is 11.8 Å². The van der Waals surface area contributed by atoms with Gasteiger partial charge in [0.1, 0.15) is 28.9 Å². The van der Waals surface area contributed by atoms with Crippen molar-refractivity contribution in [1.82, 2.24) is 24.7 Å². The summed E-state index contributed by atoms with van der Waals surface area (Å²) in [7, 11) is 5.87. The molecule has 6 rings (SSSR count). The molecule has 1 unspecified atom stereocenters. The van der Waals surface area contributed by atoms with Crippen LogP contribution >= 0.6 is 11.3 Å². The van der Waals surface area contributed by atoms with Crippen LogP contribution in [-0.2, 0) is 27.2 Å². The van der Waals surface area contributed by atoms with Crippen molar-refractivity contribution >= 4 is 34.5 Å². The number of thiophene rings is 1. The van der Waals surface area contributed by atoms with Crippen molar-refractivity contribution in [3.05, 3.63) is 27.9 Å². The van der Waals surface area contributed by atoms with Crippen LogP contribution in [0.1, 0.15) is 101 Å². The normalized spacial score (nSPS) is 26.0. The quantitative estimate of drug-likeness (QED) is 0.257. The van der Waals surface area contributed by atoms with Gasteiger partial charge in [-0.1, -0.05) is 5.16 Å². The van der Waals surface area contributed by atoms with Crippen molar-refractivity contribution in [2.24, 2.45) is 10.1 Å². The molecule has 3 aliphatic heterocycles. The Bertz CT molecular complexity index is 1740. The van der Waals surface area contributed by atoms with Crippen molar-refractivity contribution in [3.8, 4) is 17.8 Å². The molecule has 15 heteroatoms. The number of carbonyl (C=O) groups excluding carboxylic acids is 1. The highest BCUT2D eigenvalue weighted by Crippen LogP contribution is 2.51. The molecule has 5 heterocycles. The zero-order valence-corrected chi connectivity index (χ0v) is 32.5. The first-order chi connectivity index (χ1) is 24.6. The van der Waals surface area contributed by atoms with E-state index in [-0.39, 0.29) is 48.3 Å². The van der Waals surface area contributed by atoms with E-state index >= 15 is 0 Å². The van der Waals surface area contributed by atoms with Crippen LogP contribution in [0.2, 0.25) is 0 Å². The minimum absolute atomic E-state index is 0.00194. The maximum Gasteiger partial charge on any atom is 0.410 e. The summed E-state index contributed by atoms with van der Waals surface area (Å²) >= 11 is 1.53. The first kappa shape index (κ1) is 37.7. The molecule has 2 saturated heterocycles. The van der Waals surface area contributed by atoms with E-state index < -0.39 is 16.8 Å². The van der Waals surface area contributed by atoms with E-state index in [1.807, 2.05) is 46.7 Å². The number of hydrogen-bond donors (Lipinski definition) is 1. The molecule has 0 saturated carbocycles. The SMILES string of the molecule is C[C@H](Oc1cc(OC2CCN(C(=O)OC(C)(C)C)CC2)nc(C2(O)CC([C@@]3(C)CCCc4sc(N=CN(C)C)c(C#N)c43)=NO2)n1)[C@@H]1CCCN1C. The Kier molecular flexibility index (Phi) is 10.7. The molecule has 1 aliphatic carbocycles. The number of likely N-dealkylation sites (tertiary alicyclic amines) is 2. The highest BCUT2D eigenvalue weighted by atomic mass is 32.1. The van der Waals surface area contributed by atoms with Crippen LogP contribution in [0.4, 0.5) is 9.80 Å². The molecule has 0 radical (unpaired) electrons. The summed E-state index contributed by atoms with van der Waals surface area (Å²) in [5.74, 6) is -1.50. The van der Waals surface area contributed by atoms with Gasteiger partial charge in [-0.25, -0.2) is 9.79 Å². The van der Waals surface area contributed by atoms with E-state index in [2.05, 4.69) is 45.1 Å². The largest absolute Gasteiger partial charge is 0.474 e. The summed E-state index contributed by atoms with van der Waals surface area (Å²) in [5, 5.41) is 27.5. The third-order valence-corrected chi connectivity index (χ3v) is 11.5. The molecular weight excluding hydrogens is 685 g/mol. The average Bonchev–Trinajstić information content (AvgIpc) is 3.80.